The Bertz CT molecular complexity index is 467. The van der Waals surface area contributed by atoms with E-state index in [1.807, 2.05) is 0 Å². The van der Waals surface area contributed by atoms with Crippen LogP contribution >= 0.6 is 0 Å². The third-order valence-corrected chi connectivity index (χ3v) is 1.86. The molecule has 84 valence electrons. The Hall–Kier alpha value is -2.44. The number of carbonyl (C=O) groups is 2. The quantitative estimate of drug-likeness (QED) is 0.437. The van der Waals surface area contributed by atoms with Crippen molar-refractivity contribution in [1.29, 1.82) is 0 Å². The van der Waals surface area contributed by atoms with Crippen molar-refractivity contribution in [2.45, 2.75) is 6.42 Å². The van der Waals surface area contributed by atoms with Gasteiger partial charge in [0.25, 0.3) is 5.69 Å². The summed E-state index contributed by atoms with van der Waals surface area (Å²) < 4.78 is 0. The number of benzene rings is 1. The third kappa shape index (κ3) is 2.53. The van der Waals surface area contributed by atoms with Gasteiger partial charge in [-0.3, -0.25) is 14.9 Å². The van der Waals surface area contributed by atoms with Gasteiger partial charge in [-0.1, -0.05) is 0 Å². The van der Waals surface area contributed by atoms with Gasteiger partial charge >= 0.3 is 5.97 Å². The number of aromatic hydroxyl groups is 1. The molecule has 0 saturated heterocycles. The van der Waals surface area contributed by atoms with Crippen molar-refractivity contribution in [3.63, 3.8) is 0 Å². The number of non-ortho nitro benzene ring substituents is 1. The van der Waals surface area contributed by atoms with Gasteiger partial charge in [-0.15, -0.1) is 0 Å². The van der Waals surface area contributed by atoms with Crippen molar-refractivity contribution >= 4 is 17.4 Å². The number of ketones is 1. The van der Waals surface area contributed by atoms with Crippen LogP contribution in [0, 0.1) is 10.1 Å². The zero-order valence-corrected chi connectivity index (χ0v) is 7.91. The van der Waals surface area contributed by atoms with Gasteiger partial charge in [-0.25, -0.2) is 4.79 Å². The van der Waals surface area contributed by atoms with Crippen LogP contribution in [0.25, 0.3) is 0 Å². The Morgan fingerprint density at radius 2 is 2.00 bits per heavy atom. The molecule has 7 heteroatoms. The molecule has 0 aromatic heterocycles. The molecule has 2 N–H and O–H groups in total. The predicted octanol–water partition coefficient (Wildman–Crippen LogP) is 0.497. The normalized spacial score (nSPS) is 9.75. The molecule has 0 fully saturated rings. The molecule has 0 aliphatic rings. The molecule has 1 rings (SSSR count). The van der Waals surface area contributed by atoms with Gasteiger partial charge in [-0.05, 0) is 6.07 Å². The van der Waals surface area contributed by atoms with Crippen LogP contribution < -0.4 is 0 Å². The van der Waals surface area contributed by atoms with Crippen molar-refractivity contribution in [2.75, 3.05) is 0 Å². The zero-order chi connectivity index (χ0) is 12.3. The second kappa shape index (κ2) is 4.39. The molecule has 7 nitrogen and oxygen atoms in total. The summed E-state index contributed by atoms with van der Waals surface area (Å²) in [7, 11) is 0. The lowest BCUT2D eigenvalue weighted by Gasteiger charge is -2.01. The van der Waals surface area contributed by atoms with Crippen LogP contribution in [0.4, 0.5) is 5.69 Å². The van der Waals surface area contributed by atoms with Gasteiger partial charge < -0.3 is 10.2 Å². The lowest BCUT2D eigenvalue weighted by atomic mass is 10.1. The highest BCUT2D eigenvalue weighted by atomic mass is 16.6. The SMILES string of the molecule is O=C(O)C(=O)Cc1cc([N+](=O)[O-])ccc1O. The number of carbonyl (C=O) groups excluding carboxylic acids is 1. The summed E-state index contributed by atoms with van der Waals surface area (Å²) in [6, 6.07) is 3.07. The fraction of sp³-hybridized carbons (Fsp3) is 0.111. The summed E-state index contributed by atoms with van der Waals surface area (Å²) in [5, 5.41) is 28.0. The Balaban J connectivity index is 3.03. The van der Waals surface area contributed by atoms with Crippen LogP contribution in [0.15, 0.2) is 18.2 Å². The Labute approximate surface area is 89.1 Å². The van der Waals surface area contributed by atoms with Crippen LogP contribution in [0.5, 0.6) is 5.75 Å². The summed E-state index contributed by atoms with van der Waals surface area (Å²) in [6.45, 7) is 0. The standard InChI is InChI=1S/C9H7NO6/c11-7-2-1-6(10(15)16)3-5(7)4-8(12)9(13)14/h1-3,11H,4H2,(H,13,14). The van der Waals surface area contributed by atoms with Crippen LogP contribution in [-0.2, 0) is 16.0 Å². The van der Waals surface area contributed by atoms with Gasteiger partial charge in [0.05, 0.1) is 4.92 Å². The number of phenolic OH excluding ortho intramolecular Hbond substituents is 1. The molecule has 0 aliphatic carbocycles. The highest BCUT2D eigenvalue weighted by Crippen LogP contribution is 2.23. The average molecular weight is 225 g/mol. The van der Waals surface area contributed by atoms with Gasteiger partial charge in [-0.2, -0.15) is 0 Å². The Kier molecular flexibility index (Phi) is 3.19. The van der Waals surface area contributed by atoms with E-state index in [2.05, 4.69) is 0 Å². The lowest BCUT2D eigenvalue weighted by molar-refractivity contribution is -0.384. The number of hydrogen-bond acceptors (Lipinski definition) is 5. The molecule has 0 atom stereocenters. The highest BCUT2D eigenvalue weighted by Gasteiger charge is 2.17. The van der Waals surface area contributed by atoms with E-state index in [1.165, 1.54) is 0 Å². The molecule has 16 heavy (non-hydrogen) atoms. The largest absolute Gasteiger partial charge is 0.508 e. The van der Waals surface area contributed by atoms with Gasteiger partial charge in [0.1, 0.15) is 5.75 Å². The Morgan fingerprint density at radius 1 is 1.38 bits per heavy atom. The summed E-state index contributed by atoms with van der Waals surface area (Å²) in [5.41, 5.74) is -0.396. The van der Waals surface area contributed by atoms with Crippen LogP contribution in [-0.4, -0.2) is 26.9 Å². The van der Waals surface area contributed by atoms with E-state index in [4.69, 9.17) is 5.11 Å². The van der Waals surface area contributed by atoms with E-state index >= 15 is 0 Å². The molecule has 0 amide bonds. The third-order valence-electron chi connectivity index (χ3n) is 1.86. The van der Waals surface area contributed by atoms with Crippen LogP contribution in [0.2, 0.25) is 0 Å². The Morgan fingerprint density at radius 3 is 2.50 bits per heavy atom. The second-order valence-electron chi connectivity index (χ2n) is 2.98. The first kappa shape index (κ1) is 11.6. The maximum Gasteiger partial charge on any atom is 0.372 e. The fourth-order valence-electron chi connectivity index (χ4n) is 1.08. The van der Waals surface area contributed by atoms with E-state index in [1.54, 1.807) is 0 Å². The number of nitro groups is 1. The second-order valence-corrected chi connectivity index (χ2v) is 2.98. The number of aliphatic carboxylic acids is 1. The molecule has 0 bridgehead atoms. The number of nitrogens with zero attached hydrogens (tertiary/aromatic N) is 1. The maximum atomic E-state index is 10.9. The maximum absolute atomic E-state index is 10.9. The molecule has 1 aromatic carbocycles. The number of phenols is 1. The van der Waals surface area contributed by atoms with Gasteiger partial charge in [0.2, 0.25) is 5.78 Å². The van der Waals surface area contributed by atoms with Gasteiger partial charge in [0, 0.05) is 24.1 Å². The van der Waals surface area contributed by atoms with Crippen molar-refractivity contribution in [1.82, 2.24) is 0 Å². The van der Waals surface area contributed by atoms with E-state index in [-0.39, 0.29) is 17.0 Å². The van der Waals surface area contributed by atoms with Crippen molar-refractivity contribution < 1.29 is 24.7 Å². The molecule has 0 aliphatic heterocycles. The first-order chi connectivity index (χ1) is 7.41. The van der Waals surface area contributed by atoms with Crippen LogP contribution in [0.3, 0.4) is 0 Å². The van der Waals surface area contributed by atoms with E-state index in [9.17, 15) is 24.8 Å². The smallest absolute Gasteiger partial charge is 0.372 e. The number of carboxylic acids is 1. The fourth-order valence-corrected chi connectivity index (χ4v) is 1.08. The minimum atomic E-state index is -1.65. The first-order valence-corrected chi connectivity index (χ1v) is 4.14. The topological polar surface area (TPSA) is 118 Å². The van der Waals surface area contributed by atoms with Crippen LogP contribution in [0.1, 0.15) is 5.56 Å². The molecule has 0 spiro atoms. The monoisotopic (exact) mass is 225 g/mol. The number of hydrogen-bond donors (Lipinski definition) is 2. The summed E-state index contributed by atoms with van der Waals surface area (Å²) in [4.78, 5) is 30.8. The summed E-state index contributed by atoms with van der Waals surface area (Å²) in [5.74, 6) is -3.14. The van der Waals surface area contributed by atoms with Crippen molar-refractivity contribution in [2.24, 2.45) is 0 Å². The highest BCUT2D eigenvalue weighted by molar-refractivity contribution is 6.33. The molecule has 0 radical (unpaired) electrons. The zero-order valence-electron chi connectivity index (χ0n) is 7.91. The number of Topliss-reactive ketones (excluding diaryl/α,β-unsaturated/α-hetero) is 1. The lowest BCUT2D eigenvalue weighted by Crippen LogP contribution is -2.15. The molecule has 0 unspecified atom stereocenters. The van der Waals surface area contributed by atoms with Crippen molar-refractivity contribution in [3.05, 3.63) is 33.9 Å². The molecule has 0 heterocycles. The number of rotatable bonds is 4. The minimum Gasteiger partial charge on any atom is -0.508 e. The first-order valence-electron chi connectivity index (χ1n) is 4.14. The molecule has 0 saturated carbocycles. The van der Waals surface area contributed by atoms with E-state index < -0.39 is 23.1 Å². The van der Waals surface area contributed by atoms with E-state index in [0.29, 0.717) is 0 Å². The van der Waals surface area contributed by atoms with E-state index in [0.717, 1.165) is 18.2 Å². The van der Waals surface area contributed by atoms with Gasteiger partial charge in [0.15, 0.2) is 0 Å². The number of carboxylic acid groups (broad SMARTS) is 1. The predicted molar refractivity (Wildman–Crippen MR) is 51.1 cm³/mol. The summed E-state index contributed by atoms with van der Waals surface area (Å²) in [6.07, 6.45) is -0.581. The van der Waals surface area contributed by atoms with Crippen molar-refractivity contribution in [3.8, 4) is 5.75 Å². The molecule has 1 aromatic rings. The molecular formula is C9H7NO6. The average Bonchev–Trinajstić information content (AvgIpc) is 2.20. The number of nitro benzene ring substituents is 1. The minimum absolute atomic E-state index is 0.0819. The molecular weight excluding hydrogens is 218 g/mol. The summed E-state index contributed by atoms with van der Waals surface area (Å²) >= 11 is 0.